The maximum absolute atomic E-state index is 12.1. The third kappa shape index (κ3) is 3.53. The van der Waals surface area contributed by atoms with E-state index in [1.165, 1.54) is 4.31 Å². The predicted octanol–water partition coefficient (Wildman–Crippen LogP) is -0.277. The Morgan fingerprint density at radius 2 is 2.21 bits per heavy atom. The van der Waals surface area contributed by atoms with Crippen molar-refractivity contribution in [1.82, 2.24) is 19.2 Å². The van der Waals surface area contributed by atoms with Crippen LogP contribution in [0, 0.1) is 12.8 Å². The second-order valence-electron chi connectivity index (χ2n) is 4.92. The van der Waals surface area contributed by atoms with Gasteiger partial charge < -0.3 is 5.73 Å². The van der Waals surface area contributed by atoms with Crippen molar-refractivity contribution in [2.24, 2.45) is 11.7 Å². The van der Waals surface area contributed by atoms with E-state index in [2.05, 4.69) is 14.9 Å². The van der Waals surface area contributed by atoms with E-state index >= 15 is 0 Å². The van der Waals surface area contributed by atoms with Gasteiger partial charge in [-0.1, -0.05) is 0 Å². The summed E-state index contributed by atoms with van der Waals surface area (Å²) in [5.74, 6) is 0.447. The van der Waals surface area contributed by atoms with Crippen molar-refractivity contribution >= 4 is 10.2 Å². The molecule has 2 heterocycles. The van der Waals surface area contributed by atoms with Gasteiger partial charge in [-0.15, -0.1) is 0 Å². The molecule has 0 aromatic carbocycles. The molecule has 0 radical (unpaired) electrons. The summed E-state index contributed by atoms with van der Waals surface area (Å²) < 4.78 is 28.4. The lowest BCUT2D eigenvalue weighted by Gasteiger charge is -2.30. The largest absolute Gasteiger partial charge is 0.330 e. The van der Waals surface area contributed by atoms with Crippen LogP contribution in [0.5, 0.6) is 0 Å². The average Bonchev–Trinajstić information content (AvgIpc) is 2.82. The summed E-state index contributed by atoms with van der Waals surface area (Å²) in [5, 5.41) is 6.65. The molecule has 0 spiro atoms. The van der Waals surface area contributed by atoms with Gasteiger partial charge in [0.1, 0.15) is 0 Å². The van der Waals surface area contributed by atoms with Crippen LogP contribution in [0.4, 0.5) is 0 Å². The molecule has 4 N–H and O–H groups in total. The number of nitrogens with two attached hydrogens (primary N) is 1. The molecule has 0 amide bonds. The van der Waals surface area contributed by atoms with Crippen LogP contribution in [0.15, 0.2) is 6.20 Å². The molecule has 1 aliphatic heterocycles. The van der Waals surface area contributed by atoms with Crippen molar-refractivity contribution in [3.8, 4) is 0 Å². The van der Waals surface area contributed by atoms with Gasteiger partial charge >= 0.3 is 0 Å². The molecule has 0 unspecified atom stereocenters. The van der Waals surface area contributed by atoms with Crippen molar-refractivity contribution < 1.29 is 8.42 Å². The summed E-state index contributed by atoms with van der Waals surface area (Å²) in [7, 11) is -3.41. The third-order valence-corrected chi connectivity index (χ3v) is 5.18. The molecule has 19 heavy (non-hydrogen) atoms. The minimum Gasteiger partial charge on any atom is -0.330 e. The van der Waals surface area contributed by atoms with Crippen molar-refractivity contribution in [2.75, 3.05) is 19.6 Å². The summed E-state index contributed by atoms with van der Waals surface area (Å²) in [6, 6.07) is 0. The molecule has 0 bridgehead atoms. The number of nitrogens with zero attached hydrogens (tertiary/aromatic N) is 2. The monoisotopic (exact) mass is 287 g/mol. The summed E-state index contributed by atoms with van der Waals surface area (Å²) in [5.41, 5.74) is 7.34. The zero-order valence-corrected chi connectivity index (χ0v) is 11.9. The van der Waals surface area contributed by atoms with E-state index in [9.17, 15) is 8.42 Å². The normalized spacial score (nSPS) is 18.8. The second kappa shape index (κ2) is 6.00. The zero-order valence-electron chi connectivity index (χ0n) is 11.1. The number of H-pyrrole nitrogens is 1. The van der Waals surface area contributed by atoms with E-state index in [-0.39, 0.29) is 6.54 Å². The average molecular weight is 287 g/mol. The summed E-state index contributed by atoms with van der Waals surface area (Å²) in [6.45, 7) is 3.85. The molecule has 1 aromatic heterocycles. The van der Waals surface area contributed by atoms with Gasteiger partial charge in [-0.2, -0.15) is 22.5 Å². The smallest absolute Gasteiger partial charge is 0.279 e. The molecule has 0 saturated carbocycles. The molecule has 0 atom stereocenters. The Labute approximate surface area is 113 Å². The molecule has 7 nitrogen and oxygen atoms in total. The summed E-state index contributed by atoms with van der Waals surface area (Å²) >= 11 is 0. The maximum Gasteiger partial charge on any atom is 0.279 e. The molecule has 1 fully saturated rings. The summed E-state index contributed by atoms with van der Waals surface area (Å²) in [4.78, 5) is 0. The zero-order chi connectivity index (χ0) is 13.9. The number of rotatable bonds is 5. The third-order valence-electron chi connectivity index (χ3n) is 3.63. The van der Waals surface area contributed by atoms with Gasteiger partial charge in [-0.25, -0.2) is 0 Å². The Kier molecular flexibility index (Phi) is 4.56. The number of hydrogen-bond acceptors (Lipinski definition) is 4. The Hall–Kier alpha value is -0.960. The minimum absolute atomic E-state index is 0.265. The number of aromatic nitrogens is 2. The SMILES string of the molecule is Cc1[nH]ncc1CNS(=O)(=O)N1CCC(CN)CC1. The van der Waals surface area contributed by atoms with E-state index in [1.54, 1.807) is 6.20 Å². The highest BCUT2D eigenvalue weighted by molar-refractivity contribution is 7.87. The predicted molar refractivity (Wildman–Crippen MR) is 72.4 cm³/mol. The Morgan fingerprint density at radius 1 is 1.53 bits per heavy atom. The van der Waals surface area contributed by atoms with Crippen LogP contribution in [0.2, 0.25) is 0 Å². The van der Waals surface area contributed by atoms with Gasteiger partial charge in [0.25, 0.3) is 10.2 Å². The molecule has 1 saturated heterocycles. The number of aromatic amines is 1. The van der Waals surface area contributed by atoms with E-state index in [0.717, 1.165) is 24.1 Å². The molecule has 1 aromatic rings. The first-order chi connectivity index (χ1) is 9.03. The van der Waals surface area contributed by atoms with Crippen molar-refractivity contribution in [1.29, 1.82) is 0 Å². The van der Waals surface area contributed by atoms with Crippen molar-refractivity contribution in [3.05, 3.63) is 17.5 Å². The van der Waals surface area contributed by atoms with Crippen LogP contribution in [0.25, 0.3) is 0 Å². The van der Waals surface area contributed by atoms with E-state index < -0.39 is 10.2 Å². The molecule has 2 rings (SSSR count). The van der Waals surface area contributed by atoms with Crippen LogP contribution < -0.4 is 10.5 Å². The number of piperidine rings is 1. The Morgan fingerprint density at radius 3 is 2.74 bits per heavy atom. The lowest BCUT2D eigenvalue weighted by molar-refractivity contribution is 0.275. The van der Waals surface area contributed by atoms with Gasteiger partial charge in [0.2, 0.25) is 0 Å². The second-order valence-corrected chi connectivity index (χ2v) is 6.68. The Balaban J connectivity index is 1.90. The lowest BCUT2D eigenvalue weighted by atomic mass is 9.99. The van der Waals surface area contributed by atoms with E-state index in [4.69, 9.17) is 5.73 Å². The van der Waals surface area contributed by atoms with Gasteiger partial charge in [0, 0.05) is 30.9 Å². The van der Waals surface area contributed by atoms with Gasteiger partial charge in [0.15, 0.2) is 0 Å². The molecular weight excluding hydrogens is 266 g/mol. The molecule has 8 heteroatoms. The fraction of sp³-hybridized carbons (Fsp3) is 0.727. The maximum atomic E-state index is 12.1. The number of nitrogens with one attached hydrogen (secondary N) is 2. The van der Waals surface area contributed by atoms with Crippen molar-refractivity contribution in [2.45, 2.75) is 26.3 Å². The standard InChI is InChI=1S/C11H21N5O2S/c1-9-11(7-13-15-9)8-14-19(17,18)16-4-2-10(6-12)3-5-16/h7,10,14H,2-6,8,12H2,1H3,(H,13,15). The van der Waals surface area contributed by atoms with Gasteiger partial charge in [0.05, 0.1) is 6.20 Å². The van der Waals surface area contributed by atoms with Crippen LogP contribution in [-0.4, -0.2) is 42.6 Å². The number of hydrogen-bond donors (Lipinski definition) is 3. The van der Waals surface area contributed by atoms with E-state index in [0.29, 0.717) is 25.6 Å². The molecular formula is C11H21N5O2S. The fourth-order valence-corrected chi connectivity index (χ4v) is 3.41. The lowest BCUT2D eigenvalue weighted by Crippen LogP contribution is -2.45. The minimum atomic E-state index is -3.41. The molecule has 108 valence electrons. The Bertz CT molecular complexity index is 505. The highest BCUT2D eigenvalue weighted by atomic mass is 32.2. The first-order valence-corrected chi connectivity index (χ1v) is 7.90. The number of aryl methyl sites for hydroxylation is 1. The first-order valence-electron chi connectivity index (χ1n) is 6.46. The quantitative estimate of drug-likeness (QED) is 0.693. The first kappa shape index (κ1) is 14.4. The van der Waals surface area contributed by atoms with Crippen LogP contribution in [-0.2, 0) is 16.8 Å². The molecule has 0 aliphatic carbocycles. The topological polar surface area (TPSA) is 104 Å². The van der Waals surface area contributed by atoms with Crippen LogP contribution >= 0.6 is 0 Å². The van der Waals surface area contributed by atoms with E-state index in [1.807, 2.05) is 6.92 Å². The van der Waals surface area contributed by atoms with Crippen LogP contribution in [0.3, 0.4) is 0 Å². The van der Waals surface area contributed by atoms with Gasteiger partial charge in [-0.3, -0.25) is 5.10 Å². The fourth-order valence-electron chi connectivity index (χ4n) is 2.20. The van der Waals surface area contributed by atoms with Crippen molar-refractivity contribution in [3.63, 3.8) is 0 Å². The summed E-state index contributed by atoms with van der Waals surface area (Å²) in [6.07, 6.45) is 3.31. The molecule has 1 aliphatic rings. The highest BCUT2D eigenvalue weighted by Gasteiger charge is 2.27. The highest BCUT2D eigenvalue weighted by Crippen LogP contribution is 2.18. The van der Waals surface area contributed by atoms with Crippen LogP contribution in [0.1, 0.15) is 24.1 Å². The van der Waals surface area contributed by atoms with Gasteiger partial charge in [-0.05, 0) is 32.2 Å².